The maximum Gasteiger partial charge on any atom is 0.573 e. The van der Waals surface area contributed by atoms with Gasteiger partial charge in [-0.15, -0.1) is 13.2 Å². The van der Waals surface area contributed by atoms with Crippen molar-refractivity contribution >= 4 is 18.7 Å². The van der Waals surface area contributed by atoms with Crippen molar-refractivity contribution in [1.82, 2.24) is 9.80 Å². The van der Waals surface area contributed by atoms with Crippen LogP contribution in [0.3, 0.4) is 0 Å². The molecule has 0 spiro atoms. The zero-order chi connectivity index (χ0) is 19.0. The molecule has 0 atom stereocenters. The van der Waals surface area contributed by atoms with Gasteiger partial charge in [0, 0.05) is 33.3 Å². The van der Waals surface area contributed by atoms with Gasteiger partial charge in [0.1, 0.15) is 17.3 Å². The summed E-state index contributed by atoms with van der Waals surface area (Å²) in [6.07, 6.45) is -2.40. The first-order valence-electron chi connectivity index (χ1n) is 6.78. The SMILES string of the molecule is CN(C)C(=O)/C=C(/N=C/Oc1cccc(OC(F)(F)F)c1)N(C)C=O. The number of aliphatic imine (C=N–C) groups is 1. The molecule has 7 nitrogen and oxygen atoms in total. The van der Waals surface area contributed by atoms with E-state index in [1.165, 1.54) is 38.2 Å². The highest BCUT2D eigenvalue weighted by Crippen LogP contribution is 2.25. The van der Waals surface area contributed by atoms with Crippen LogP contribution in [-0.4, -0.2) is 56.0 Å². The minimum atomic E-state index is -4.82. The number of benzene rings is 1. The van der Waals surface area contributed by atoms with E-state index in [2.05, 4.69) is 9.73 Å². The molecule has 136 valence electrons. The maximum atomic E-state index is 12.2. The monoisotopic (exact) mass is 359 g/mol. The van der Waals surface area contributed by atoms with E-state index in [1.807, 2.05) is 0 Å². The second-order valence-corrected chi connectivity index (χ2v) is 4.83. The first-order chi connectivity index (χ1) is 11.6. The third kappa shape index (κ3) is 7.38. The summed E-state index contributed by atoms with van der Waals surface area (Å²) in [6, 6.07) is 4.80. The molecule has 0 aliphatic carbocycles. The third-order valence-electron chi connectivity index (χ3n) is 2.63. The molecule has 2 amide bonds. The Hall–Kier alpha value is -3.04. The number of likely N-dealkylation sites (N-methyl/N-ethyl adjacent to an activating group) is 1. The number of rotatable bonds is 7. The normalized spacial score (nSPS) is 12.0. The Balaban J connectivity index is 2.87. The summed E-state index contributed by atoms with van der Waals surface area (Å²) in [6.45, 7) is 0. The maximum absolute atomic E-state index is 12.2. The summed E-state index contributed by atoms with van der Waals surface area (Å²) in [7, 11) is 4.41. The van der Waals surface area contributed by atoms with Crippen molar-refractivity contribution in [2.75, 3.05) is 21.1 Å². The number of carbonyl (C=O) groups is 2. The number of halogens is 3. The van der Waals surface area contributed by atoms with Gasteiger partial charge in [-0.1, -0.05) is 6.07 Å². The van der Waals surface area contributed by atoms with Crippen molar-refractivity contribution in [3.63, 3.8) is 0 Å². The molecule has 1 aromatic rings. The number of ether oxygens (including phenoxy) is 2. The van der Waals surface area contributed by atoms with Crippen LogP contribution in [-0.2, 0) is 9.59 Å². The van der Waals surface area contributed by atoms with Gasteiger partial charge < -0.3 is 19.3 Å². The molecule has 1 rings (SSSR count). The quantitative estimate of drug-likeness (QED) is 0.323. The summed E-state index contributed by atoms with van der Waals surface area (Å²) < 4.78 is 45.4. The second-order valence-electron chi connectivity index (χ2n) is 4.83. The molecule has 0 unspecified atom stereocenters. The Morgan fingerprint density at radius 1 is 1.20 bits per heavy atom. The predicted octanol–water partition coefficient (Wildman–Crippen LogP) is 2.01. The van der Waals surface area contributed by atoms with E-state index in [9.17, 15) is 22.8 Å². The van der Waals surface area contributed by atoms with Gasteiger partial charge in [0.25, 0.3) is 0 Å². The lowest BCUT2D eigenvalue weighted by Crippen LogP contribution is -2.22. The molecule has 1 aromatic carbocycles. The molecule has 0 aromatic heterocycles. The van der Waals surface area contributed by atoms with Crippen molar-refractivity contribution in [3.8, 4) is 11.5 Å². The lowest BCUT2D eigenvalue weighted by Gasteiger charge is -2.13. The van der Waals surface area contributed by atoms with Crippen LogP contribution >= 0.6 is 0 Å². The number of hydrogen-bond donors (Lipinski definition) is 0. The first-order valence-corrected chi connectivity index (χ1v) is 6.78. The lowest BCUT2D eigenvalue weighted by atomic mass is 10.3. The summed E-state index contributed by atoms with van der Waals surface area (Å²) in [5, 5.41) is 0. The zero-order valence-corrected chi connectivity index (χ0v) is 13.6. The number of nitrogens with zero attached hydrogens (tertiary/aromatic N) is 3. The number of hydrogen-bond acceptors (Lipinski definition) is 5. The van der Waals surface area contributed by atoms with Crippen molar-refractivity contribution in [2.45, 2.75) is 6.36 Å². The summed E-state index contributed by atoms with van der Waals surface area (Å²) in [5.41, 5.74) is 0. The Kier molecular flexibility index (Phi) is 6.97. The van der Waals surface area contributed by atoms with Crippen LogP contribution in [0.15, 0.2) is 41.2 Å². The molecule has 0 fully saturated rings. The van der Waals surface area contributed by atoms with E-state index in [-0.39, 0.29) is 11.6 Å². The van der Waals surface area contributed by atoms with Crippen LogP contribution in [0.5, 0.6) is 11.5 Å². The van der Waals surface area contributed by atoms with Gasteiger partial charge in [-0.2, -0.15) is 0 Å². The highest BCUT2D eigenvalue weighted by atomic mass is 19.4. The van der Waals surface area contributed by atoms with Crippen LogP contribution in [0.1, 0.15) is 0 Å². The average Bonchev–Trinajstić information content (AvgIpc) is 2.51. The molecule has 0 aliphatic heterocycles. The van der Waals surface area contributed by atoms with Crippen LogP contribution in [0.4, 0.5) is 13.2 Å². The van der Waals surface area contributed by atoms with E-state index in [0.717, 1.165) is 29.5 Å². The van der Waals surface area contributed by atoms with Gasteiger partial charge in [-0.3, -0.25) is 9.59 Å². The fourth-order valence-electron chi connectivity index (χ4n) is 1.41. The Morgan fingerprint density at radius 3 is 2.40 bits per heavy atom. The molecule has 0 saturated heterocycles. The molecular weight excluding hydrogens is 343 g/mol. The molecule has 0 radical (unpaired) electrons. The van der Waals surface area contributed by atoms with Crippen LogP contribution in [0.25, 0.3) is 0 Å². The van der Waals surface area contributed by atoms with Gasteiger partial charge in [-0.25, -0.2) is 4.99 Å². The van der Waals surface area contributed by atoms with Crippen LogP contribution < -0.4 is 9.47 Å². The van der Waals surface area contributed by atoms with E-state index in [4.69, 9.17) is 4.74 Å². The summed E-state index contributed by atoms with van der Waals surface area (Å²) >= 11 is 0. The van der Waals surface area contributed by atoms with E-state index in [1.54, 1.807) is 0 Å². The topological polar surface area (TPSA) is 71.4 Å². The van der Waals surface area contributed by atoms with E-state index in [0.29, 0.717) is 6.41 Å². The standard InChI is InChI=1S/C15H16F3N3O4/c1-20(2)14(23)8-13(21(3)10-22)19-9-24-11-5-4-6-12(7-11)25-15(16,17)18/h4-10H,1-3H3/b13-8-,19-9+. The summed E-state index contributed by atoms with van der Waals surface area (Å²) in [5.74, 6) is -0.864. The Labute approximate surface area is 141 Å². The minimum Gasteiger partial charge on any atom is -0.446 e. The van der Waals surface area contributed by atoms with E-state index < -0.39 is 18.0 Å². The van der Waals surface area contributed by atoms with Gasteiger partial charge in [0.2, 0.25) is 12.3 Å². The van der Waals surface area contributed by atoms with Gasteiger partial charge in [0.05, 0.1) is 0 Å². The van der Waals surface area contributed by atoms with Crippen molar-refractivity contribution in [1.29, 1.82) is 0 Å². The molecule has 0 N–H and O–H groups in total. The fraction of sp³-hybridized carbons (Fsp3) is 0.267. The van der Waals surface area contributed by atoms with Gasteiger partial charge in [-0.05, 0) is 12.1 Å². The zero-order valence-electron chi connectivity index (χ0n) is 13.6. The smallest absolute Gasteiger partial charge is 0.446 e. The summed E-state index contributed by atoms with van der Waals surface area (Å²) in [4.78, 5) is 28.6. The number of alkyl halides is 3. The molecular formula is C15H16F3N3O4. The van der Waals surface area contributed by atoms with Crippen LogP contribution in [0, 0.1) is 0 Å². The van der Waals surface area contributed by atoms with E-state index >= 15 is 0 Å². The number of carbonyl (C=O) groups excluding carboxylic acids is 2. The molecule has 0 heterocycles. The molecule has 0 saturated carbocycles. The van der Waals surface area contributed by atoms with Gasteiger partial charge >= 0.3 is 6.36 Å². The molecule has 0 aliphatic rings. The Bertz CT molecular complexity index is 672. The molecule has 10 heteroatoms. The first kappa shape index (κ1) is 20.0. The minimum absolute atomic E-state index is 0.0172. The van der Waals surface area contributed by atoms with Crippen molar-refractivity contribution in [2.24, 2.45) is 4.99 Å². The Morgan fingerprint density at radius 2 is 1.84 bits per heavy atom. The third-order valence-corrected chi connectivity index (χ3v) is 2.63. The fourth-order valence-corrected chi connectivity index (χ4v) is 1.41. The predicted molar refractivity (Wildman–Crippen MR) is 82.8 cm³/mol. The highest BCUT2D eigenvalue weighted by Gasteiger charge is 2.31. The average molecular weight is 359 g/mol. The highest BCUT2D eigenvalue weighted by molar-refractivity contribution is 5.88. The van der Waals surface area contributed by atoms with Crippen molar-refractivity contribution < 1.29 is 32.2 Å². The second kappa shape index (κ2) is 8.71. The lowest BCUT2D eigenvalue weighted by molar-refractivity contribution is -0.274. The van der Waals surface area contributed by atoms with Gasteiger partial charge in [0.15, 0.2) is 6.40 Å². The van der Waals surface area contributed by atoms with Crippen molar-refractivity contribution in [3.05, 3.63) is 36.2 Å². The number of amides is 2. The largest absolute Gasteiger partial charge is 0.573 e. The molecule has 0 bridgehead atoms. The van der Waals surface area contributed by atoms with Crippen LogP contribution in [0.2, 0.25) is 0 Å². The molecule has 25 heavy (non-hydrogen) atoms.